The summed E-state index contributed by atoms with van der Waals surface area (Å²) < 4.78 is 0. The van der Waals surface area contributed by atoms with E-state index in [-0.39, 0.29) is 0 Å². The van der Waals surface area contributed by atoms with Crippen molar-refractivity contribution in [3.8, 4) is 0 Å². The third kappa shape index (κ3) is 2.28. The molecule has 0 amide bonds. The average Bonchev–Trinajstić information content (AvgIpc) is 1.65. The molecule has 0 aliphatic rings. The molecule has 0 saturated heterocycles. The maximum atomic E-state index is 8.01. The highest BCUT2D eigenvalue weighted by Gasteiger charge is 1.88. The van der Waals surface area contributed by atoms with Gasteiger partial charge in [0.2, 0.25) is 0 Å². The lowest BCUT2D eigenvalue weighted by atomic mass is 10.3. The molecule has 0 aromatic rings. The summed E-state index contributed by atoms with van der Waals surface area (Å²) in [6.45, 7) is 3.37. The van der Waals surface area contributed by atoms with Crippen LogP contribution in [0.2, 0.25) is 0 Å². The van der Waals surface area contributed by atoms with Gasteiger partial charge in [0.1, 0.15) is 0 Å². The summed E-state index contributed by atoms with van der Waals surface area (Å²) in [6.07, 6.45) is 0. The van der Waals surface area contributed by atoms with E-state index in [1.165, 1.54) is 0 Å². The van der Waals surface area contributed by atoms with E-state index in [4.69, 9.17) is 5.21 Å². The smallest absolute Gasteiger partial charge is 0.0900 e. The number of rotatable bonds is 1. The Morgan fingerprint density at radius 3 is 2.00 bits per heavy atom. The average molecular weight is 117 g/mol. The summed E-state index contributed by atoms with van der Waals surface area (Å²) in [5, 5.41) is 10.9. The highest BCUT2D eigenvalue weighted by atomic mass is 32.1. The lowest BCUT2D eigenvalue weighted by molar-refractivity contribution is 0.320. The Morgan fingerprint density at radius 2 is 2.00 bits per heavy atom. The Bertz CT molecular complexity index is 108. The first-order valence-corrected chi connectivity index (χ1v) is 2.29. The molecule has 3 heteroatoms. The fourth-order valence-electron chi connectivity index (χ4n) is 0.0704. The molecule has 0 spiro atoms. The minimum atomic E-state index is 0.509. The van der Waals surface area contributed by atoms with E-state index in [9.17, 15) is 0 Å². The first kappa shape index (κ1) is 6.56. The minimum absolute atomic E-state index is 0.509. The van der Waals surface area contributed by atoms with Crippen LogP contribution in [0, 0.1) is 0 Å². The third-order valence-electron chi connectivity index (χ3n) is 0.660. The van der Waals surface area contributed by atoms with Crippen molar-refractivity contribution in [2.45, 2.75) is 13.8 Å². The molecule has 0 rings (SSSR count). The maximum absolute atomic E-state index is 8.01. The second kappa shape index (κ2) is 2.69. The molecule has 0 atom stereocenters. The van der Waals surface area contributed by atoms with Gasteiger partial charge >= 0.3 is 0 Å². The SMILES string of the molecule is CC(=S)C(C)=NO. The van der Waals surface area contributed by atoms with Gasteiger partial charge in [-0.05, 0) is 13.8 Å². The van der Waals surface area contributed by atoms with Gasteiger partial charge < -0.3 is 5.21 Å². The van der Waals surface area contributed by atoms with Crippen LogP contribution in [0.25, 0.3) is 0 Å². The van der Waals surface area contributed by atoms with Crippen molar-refractivity contribution in [3.63, 3.8) is 0 Å². The van der Waals surface area contributed by atoms with Crippen molar-refractivity contribution in [3.05, 3.63) is 0 Å². The number of oxime groups is 1. The molecule has 0 radical (unpaired) electrons. The van der Waals surface area contributed by atoms with Crippen LogP contribution >= 0.6 is 12.2 Å². The zero-order valence-corrected chi connectivity index (χ0v) is 5.12. The standard InChI is InChI=1S/C4H7NOS/c1-3(5-6)4(2)7/h6H,1-2H3. The van der Waals surface area contributed by atoms with Gasteiger partial charge in [0.25, 0.3) is 0 Å². The Kier molecular flexibility index (Phi) is 2.52. The Morgan fingerprint density at radius 1 is 1.57 bits per heavy atom. The minimum Gasteiger partial charge on any atom is -0.411 e. The zero-order chi connectivity index (χ0) is 5.86. The molecule has 1 N–H and O–H groups in total. The van der Waals surface area contributed by atoms with Gasteiger partial charge in [-0.3, -0.25) is 0 Å². The molecule has 40 valence electrons. The van der Waals surface area contributed by atoms with Crippen LogP contribution in [0.5, 0.6) is 0 Å². The largest absolute Gasteiger partial charge is 0.411 e. The van der Waals surface area contributed by atoms with Gasteiger partial charge in [0, 0.05) is 4.86 Å². The van der Waals surface area contributed by atoms with Crippen molar-refractivity contribution in [2.24, 2.45) is 5.16 Å². The lowest BCUT2D eigenvalue weighted by Gasteiger charge is -1.86. The van der Waals surface area contributed by atoms with Crippen LogP contribution in [0.4, 0.5) is 0 Å². The van der Waals surface area contributed by atoms with Crippen LogP contribution in [0.3, 0.4) is 0 Å². The summed E-state index contributed by atoms with van der Waals surface area (Å²) in [6, 6.07) is 0. The highest BCUT2D eigenvalue weighted by Crippen LogP contribution is 1.78. The van der Waals surface area contributed by atoms with Gasteiger partial charge in [-0.25, -0.2) is 0 Å². The Labute approximate surface area is 47.8 Å². The van der Waals surface area contributed by atoms with E-state index >= 15 is 0 Å². The fourth-order valence-corrected chi connectivity index (χ4v) is 0.111. The molecular formula is C4H7NOS. The van der Waals surface area contributed by atoms with Crippen molar-refractivity contribution < 1.29 is 5.21 Å². The van der Waals surface area contributed by atoms with Gasteiger partial charge in [0.05, 0.1) is 5.71 Å². The first-order valence-electron chi connectivity index (χ1n) is 1.88. The molecule has 0 fully saturated rings. The van der Waals surface area contributed by atoms with Gasteiger partial charge in [-0.1, -0.05) is 17.4 Å². The number of nitrogens with zero attached hydrogens (tertiary/aromatic N) is 1. The topological polar surface area (TPSA) is 32.6 Å². The van der Waals surface area contributed by atoms with Gasteiger partial charge in [-0.2, -0.15) is 0 Å². The van der Waals surface area contributed by atoms with E-state index in [1.54, 1.807) is 13.8 Å². The fraction of sp³-hybridized carbons (Fsp3) is 0.500. The molecular weight excluding hydrogens is 110 g/mol. The maximum Gasteiger partial charge on any atom is 0.0900 e. The summed E-state index contributed by atoms with van der Waals surface area (Å²) in [4.78, 5) is 0.627. The van der Waals surface area contributed by atoms with Crippen LogP contribution in [0.15, 0.2) is 5.16 Å². The predicted molar refractivity (Wildman–Crippen MR) is 33.2 cm³/mol. The van der Waals surface area contributed by atoms with Crippen LogP contribution < -0.4 is 0 Å². The summed E-state index contributed by atoms with van der Waals surface area (Å²) >= 11 is 4.63. The third-order valence-corrected chi connectivity index (χ3v) is 0.955. The normalized spacial score (nSPS) is 11.4. The molecule has 0 aromatic heterocycles. The van der Waals surface area contributed by atoms with Gasteiger partial charge in [-0.15, -0.1) is 0 Å². The van der Waals surface area contributed by atoms with Gasteiger partial charge in [0.15, 0.2) is 0 Å². The van der Waals surface area contributed by atoms with Crippen molar-refractivity contribution in [1.29, 1.82) is 0 Å². The molecule has 0 aromatic carbocycles. The van der Waals surface area contributed by atoms with Crippen molar-refractivity contribution in [1.82, 2.24) is 0 Å². The van der Waals surface area contributed by atoms with Crippen molar-refractivity contribution >= 4 is 22.8 Å². The second-order valence-corrected chi connectivity index (χ2v) is 1.85. The summed E-state index contributed by atoms with van der Waals surface area (Å²) in [5.74, 6) is 0. The van der Waals surface area contributed by atoms with Crippen molar-refractivity contribution in [2.75, 3.05) is 0 Å². The van der Waals surface area contributed by atoms with E-state index in [1.807, 2.05) is 0 Å². The molecule has 0 bridgehead atoms. The number of hydrogen-bond donors (Lipinski definition) is 1. The second-order valence-electron chi connectivity index (χ2n) is 1.24. The predicted octanol–water partition coefficient (Wildman–Crippen LogP) is 1.23. The number of hydrogen-bond acceptors (Lipinski definition) is 3. The summed E-state index contributed by atoms with van der Waals surface area (Å²) in [7, 11) is 0. The molecule has 7 heavy (non-hydrogen) atoms. The molecule has 0 unspecified atom stereocenters. The molecule has 0 aliphatic heterocycles. The lowest BCUT2D eigenvalue weighted by Crippen LogP contribution is -2.00. The van der Waals surface area contributed by atoms with Crippen LogP contribution in [-0.2, 0) is 0 Å². The highest BCUT2D eigenvalue weighted by molar-refractivity contribution is 7.82. The molecule has 0 aliphatic carbocycles. The Balaban J connectivity index is 3.82. The van der Waals surface area contributed by atoms with E-state index in [2.05, 4.69) is 17.4 Å². The molecule has 0 saturated carbocycles. The van der Waals surface area contributed by atoms with Crippen LogP contribution in [0.1, 0.15) is 13.8 Å². The quantitative estimate of drug-likeness (QED) is 0.242. The van der Waals surface area contributed by atoms with E-state index in [0.29, 0.717) is 10.6 Å². The molecule has 2 nitrogen and oxygen atoms in total. The number of thiocarbonyl (C=S) groups is 1. The summed E-state index contributed by atoms with van der Waals surface area (Å²) in [5.41, 5.74) is 0.509. The van der Waals surface area contributed by atoms with Crippen LogP contribution in [-0.4, -0.2) is 15.8 Å². The molecule has 0 heterocycles. The zero-order valence-electron chi connectivity index (χ0n) is 4.30. The van der Waals surface area contributed by atoms with E-state index < -0.39 is 0 Å². The monoisotopic (exact) mass is 117 g/mol. The first-order chi connectivity index (χ1) is 3.18. The Hall–Kier alpha value is -0.440. The van der Waals surface area contributed by atoms with E-state index in [0.717, 1.165) is 0 Å².